The van der Waals surface area contributed by atoms with Gasteiger partial charge in [0.2, 0.25) is 5.91 Å². The number of rotatable bonds is 7. The van der Waals surface area contributed by atoms with Gasteiger partial charge in [0, 0.05) is 5.75 Å². The first-order valence-electron chi connectivity index (χ1n) is 7.46. The van der Waals surface area contributed by atoms with Gasteiger partial charge in [-0.3, -0.25) is 9.69 Å². The van der Waals surface area contributed by atoms with Gasteiger partial charge in [-0.15, -0.1) is 11.8 Å². The second kappa shape index (κ2) is 7.08. The molecule has 24 heavy (non-hydrogen) atoms. The van der Waals surface area contributed by atoms with Crippen LogP contribution >= 0.6 is 23.5 Å². The molecule has 1 saturated heterocycles. The van der Waals surface area contributed by atoms with Crippen LogP contribution in [0.25, 0.3) is 0 Å². The Morgan fingerprint density at radius 1 is 1.42 bits per heavy atom. The fraction of sp³-hybridized carbons (Fsp3) is 0.375. The predicted molar refractivity (Wildman–Crippen MR) is 92.5 cm³/mol. The van der Waals surface area contributed by atoms with Gasteiger partial charge in [0.05, 0.1) is 22.9 Å². The third-order valence-corrected chi connectivity index (χ3v) is 6.42. The zero-order chi connectivity index (χ0) is 17.3. The molecule has 0 aromatic heterocycles. The summed E-state index contributed by atoms with van der Waals surface area (Å²) in [6.45, 7) is 1.99. The van der Waals surface area contributed by atoms with Gasteiger partial charge in [0.1, 0.15) is 11.1 Å². The molecule has 1 amide bonds. The third kappa shape index (κ3) is 3.13. The Morgan fingerprint density at radius 3 is 2.75 bits per heavy atom. The summed E-state index contributed by atoms with van der Waals surface area (Å²) in [5.74, 6) is -0.645. The molecule has 1 aromatic rings. The molecule has 6 nitrogen and oxygen atoms in total. The third-order valence-electron chi connectivity index (χ3n) is 3.80. The van der Waals surface area contributed by atoms with Crippen molar-refractivity contribution in [1.82, 2.24) is 4.90 Å². The van der Waals surface area contributed by atoms with Gasteiger partial charge in [-0.05, 0) is 19.1 Å². The van der Waals surface area contributed by atoms with Crippen LogP contribution in [0.2, 0.25) is 0 Å². The summed E-state index contributed by atoms with van der Waals surface area (Å²) in [6, 6.07) is 9.38. The molecule has 0 radical (unpaired) electrons. The molecule has 2 aliphatic heterocycles. The number of amides is 1. The molecule has 0 unspecified atom stereocenters. The van der Waals surface area contributed by atoms with E-state index < -0.39 is 18.0 Å². The largest absolute Gasteiger partial charge is 0.493 e. The minimum absolute atomic E-state index is 0.0246. The number of aliphatic hydroxyl groups is 1. The zero-order valence-corrected chi connectivity index (χ0v) is 14.5. The van der Waals surface area contributed by atoms with Crippen LogP contribution in [0.3, 0.4) is 0 Å². The van der Waals surface area contributed by atoms with Crippen LogP contribution in [0.5, 0.6) is 5.75 Å². The van der Waals surface area contributed by atoms with Crippen LogP contribution in [-0.2, 0) is 9.59 Å². The van der Waals surface area contributed by atoms with Gasteiger partial charge in [0.25, 0.3) is 0 Å². The van der Waals surface area contributed by atoms with Crippen molar-refractivity contribution >= 4 is 35.4 Å². The lowest BCUT2D eigenvalue weighted by Gasteiger charge is -2.43. The Hall–Kier alpha value is -1.64. The summed E-state index contributed by atoms with van der Waals surface area (Å²) in [7, 11) is 0. The summed E-state index contributed by atoms with van der Waals surface area (Å²) in [4.78, 5) is 24.9. The zero-order valence-electron chi connectivity index (χ0n) is 12.9. The number of β-lactam (4-membered cyclic amide) rings is 1. The highest BCUT2D eigenvalue weighted by Crippen LogP contribution is 2.53. The first-order chi connectivity index (χ1) is 11.5. The monoisotopic (exact) mass is 367 g/mol. The molecule has 8 heteroatoms. The number of fused-ring (bicyclic) bond motifs is 1. The predicted octanol–water partition coefficient (Wildman–Crippen LogP) is 1.96. The van der Waals surface area contributed by atoms with Crippen molar-refractivity contribution in [3.8, 4) is 5.75 Å². The molecule has 0 aliphatic carbocycles. The Bertz CT molecular complexity index is 676. The van der Waals surface area contributed by atoms with E-state index in [1.54, 1.807) is 6.92 Å². The highest BCUT2D eigenvalue weighted by Gasteiger charge is 2.57. The fourth-order valence-electron chi connectivity index (χ4n) is 2.66. The quantitative estimate of drug-likeness (QED) is 0.563. The Morgan fingerprint density at radius 2 is 2.12 bits per heavy atom. The number of carboxylic acid groups (broad SMARTS) is 1. The van der Waals surface area contributed by atoms with Gasteiger partial charge < -0.3 is 14.9 Å². The number of carbonyl (C=O) groups excluding carboxylic acids is 1. The summed E-state index contributed by atoms with van der Waals surface area (Å²) in [5, 5.41) is 18.8. The van der Waals surface area contributed by atoms with Crippen molar-refractivity contribution in [2.24, 2.45) is 5.92 Å². The lowest BCUT2D eigenvalue weighted by molar-refractivity contribution is -0.156. The summed E-state index contributed by atoms with van der Waals surface area (Å²) < 4.78 is 6.19. The minimum Gasteiger partial charge on any atom is -0.493 e. The molecule has 2 aliphatic rings. The van der Waals surface area contributed by atoms with Gasteiger partial charge in [-0.25, -0.2) is 4.79 Å². The van der Waals surface area contributed by atoms with Crippen molar-refractivity contribution in [2.45, 2.75) is 18.4 Å². The highest BCUT2D eigenvalue weighted by atomic mass is 32.2. The highest BCUT2D eigenvalue weighted by molar-refractivity contribution is 8.22. The Labute approximate surface area is 147 Å². The van der Waals surface area contributed by atoms with E-state index in [9.17, 15) is 19.8 Å². The molecule has 0 spiro atoms. The van der Waals surface area contributed by atoms with E-state index in [4.69, 9.17) is 4.74 Å². The topological polar surface area (TPSA) is 87.1 Å². The lowest BCUT2D eigenvalue weighted by Crippen LogP contribution is -2.60. The van der Waals surface area contributed by atoms with E-state index in [0.29, 0.717) is 16.6 Å². The second-order valence-corrected chi connectivity index (χ2v) is 7.92. The van der Waals surface area contributed by atoms with Crippen LogP contribution in [0.1, 0.15) is 6.92 Å². The fourth-order valence-corrected chi connectivity index (χ4v) is 5.48. The number of para-hydroxylation sites is 1. The maximum Gasteiger partial charge on any atom is 0.354 e. The molecular formula is C16H17NO5S2. The summed E-state index contributed by atoms with van der Waals surface area (Å²) in [5.41, 5.74) is 0.0246. The standard InChI is InChI=1S/C16H17NO5S2/c1-9(18)11-13(19)17-12(15(20)21)16(24-14(11)17)23-8-7-22-10-5-3-2-4-6-10/h2-6,9,11,14,18H,7-8H2,1H3,(H,20,21)/t9-,11+,14+/m0/s1. The van der Waals surface area contributed by atoms with E-state index in [2.05, 4.69) is 0 Å². The van der Waals surface area contributed by atoms with Crippen molar-refractivity contribution in [1.29, 1.82) is 0 Å². The number of aliphatic carboxylic acids is 1. The van der Waals surface area contributed by atoms with E-state index in [0.717, 1.165) is 5.75 Å². The summed E-state index contributed by atoms with van der Waals surface area (Å²) in [6.07, 6.45) is -0.785. The first-order valence-corrected chi connectivity index (χ1v) is 9.33. The SMILES string of the molecule is C[C@H](O)[C@@H]1C(=O)N2C(C(=O)O)=C(SCCOc3ccccc3)S[C@H]12. The number of carbonyl (C=O) groups is 2. The normalized spacial score (nSPS) is 23.8. The van der Waals surface area contributed by atoms with Crippen molar-refractivity contribution in [2.75, 3.05) is 12.4 Å². The number of aliphatic hydroxyl groups excluding tert-OH is 1. The van der Waals surface area contributed by atoms with Crippen molar-refractivity contribution < 1.29 is 24.5 Å². The van der Waals surface area contributed by atoms with Crippen molar-refractivity contribution in [3.63, 3.8) is 0 Å². The Balaban J connectivity index is 1.60. The van der Waals surface area contributed by atoms with E-state index in [-0.39, 0.29) is 17.0 Å². The Kier molecular flexibility index (Phi) is 5.07. The van der Waals surface area contributed by atoms with Crippen LogP contribution in [0.4, 0.5) is 0 Å². The molecule has 1 fully saturated rings. The van der Waals surface area contributed by atoms with Gasteiger partial charge in [-0.2, -0.15) is 0 Å². The van der Waals surface area contributed by atoms with Gasteiger partial charge in [-0.1, -0.05) is 30.0 Å². The second-order valence-electron chi connectivity index (χ2n) is 5.43. The minimum atomic E-state index is -1.12. The molecule has 0 saturated carbocycles. The van der Waals surface area contributed by atoms with Crippen LogP contribution in [0, 0.1) is 5.92 Å². The number of ether oxygens (including phenoxy) is 1. The number of hydrogen-bond acceptors (Lipinski definition) is 6. The number of thioether (sulfide) groups is 2. The number of benzene rings is 1. The number of carboxylic acids is 1. The summed E-state index contributed by atoms with van der Waals surface area (Å²) >= 11 is 2.70. The molecule has 128 valence electrons. The first kappa shape index (κ1) is 17.2. The van der Waals surface area contributed by atoms with E-state index in [1.807, 2.05) is 30.3 Å². The van der Waals surface area contributed by atoms with Gasteiger partial charge >= 0.3 is 5.97 Å². The van der Waals surface area contributed by atoms with Gasteiger partial charge in [0.15, 0.2) is 5.70 Å². The average molecular weight is 367 g/mol. The maximum absolute atomic E-state index is 12.1. The van der Waals surface area contributed by atoms with Crippen LogP contribution in [-0.4, -0.2) is 50.8 Å². The number of nitrogens with zero attached hydrogens (tertiary/aromatic N) is 1. The molecular weight excluding hydrogens is 350 g/mol. The molecule has 3 rings (SSSR count). The molecule has 1 aromatic carbocycles. The number of hydrogen-bond donors (Lipinski definition) is 2. The van der Waals surface area contributed by atoms with Crippen molar-refractivity contribution in [3.05, 3.63) is 40.3 Å². The molecule has 2 N–H and O–H groups in total. The van der Waals surface area contributed by atoms with E-state index >= 15 is 0 Å². The van der Waals surface area contributed by atoms with Crippen LogP contribution in [0.15, 0.2) is 40.3 Å². The smallest absolute Gasteiger partial charge is 0.354 e. The molecule has 0 bridgehead atoms. The maximum atomic E-state index is 12.1. The van der Waals surface area contributed by atoms with Crippen LogP contribution < -0.4 is 4.74 Å². The molecule has 2 heterocycles. The molecule has 3 atom stereocenters. The average Bonchev–Trinajstić information content (AvgIpc) is 2.86. The van der Waals surface area contributed by atoms with E-state index in [1.165, 1.54) is 28.4 Å². The lowest BCUT2D eigenvalue weighted by atomic mass is 9.92.